The van der Waals surface area contributed by atoms with Gasteiger partial charge in [-0.2, -0.15) is 0 Å². The van der Waals surface area contributed by atoms with Gasteiger partial charge in [-0.3, -0.25) is 4.79 Å². The molecule has 4 nitrogen and oxygen atoms in total. The van der Waals surface area contributed by atoms with Crippen molar-refractivity contribution < 1.29 is 4.79 Å². The second kappa shape index (κ2) is 6.63. The van der Waals surface area contributed by atoms with Gasteiger partial charge in [0.2, 0.25) is 11.0 Å². The molecule has 0 saturated carbocycles. The highest BCUT2D eigenvalue weighted by Gasteiger charge is 2.07. The van der Waals surface area contributed by atoms with Gasteiger partial charge in [-0.1, -0.05) is 42.0 Å². The first-order chi connectivity index (χ1) is 9.17. The molecule has 1 heterocycles. The molecule has 2 aromatic rings. The Morgan fingerprint density at radius 3 is 2.95 bits per heavy atom. The second-order valence-electron chi connectivity index (χ2n) is 4.03. The van der Waals surface area contributed by atoms with Crippen LogP contribution in [0.5, 0.6) is 0 Å². The normalized spacial score (nSPS) is 10.4. The van der Waals surface area contributed by atoms with Crippen LogP contribution in [0.25, 0.3) is 0 Å². The molecule has 0 saturated heterocycles. The Kier molecular flexibility index (Phi) is 4.87. The van der Waals surface area contributed by atoms with Crippen molar-refractivity contribution in [3.63, 3.8) is 0 Å². The van der Waals surface area contributed by atoms with Gasteiger partial charge in [0, 0.05) is 11.4 Å². The van der Waals surface area contributed by atoms with Crippen molar-refractivity contribution in [2.45, 2.75) is 26.2 Å². The first-order valence-corrected chi connectivity index (χ1v) is 7.23. The van der Waals surface area contributed by atoms with Gasteiger partial charge in [0.05, 0.1) is 0 Å². The average molecular weight is 296 g/mol. The SMILES string of the molecule is CCc1nnc(NC(=O)CCc2cccc(Cl)c2)s1. The fourth-order valence-corrected chi connectivity index (χ4v) is 2.49. The molecule has 19 heavy (non-hydrogen) atoms. The molecule has 0 fully saturated rings. The molecule has 1 N–H and O–H groups in total. The Morgan fingerprint density at radius 2 is 2.26 bits per heavy atom. The summed E-state index contributed by atoms with van der Waals surface area (Å²) in [7, 11) is 0. The lowest BCUT2D eigenvalue weighted by atomic mass is 10.1. The predicted molar refractivity (Wildman–Crippen MR) is 77.7 cm³/mol. The predicted octanol–water partition coefficient (Wildman–Crippen LogP) is 3.33. The summed E-state index contributed by atoms with van der Waals surface area (Å²) < 4.78 is 0. The molecule has 0 aliphatic rings. The van der Waals surface area contributed by atoms with E-state index < -0.39 is 0 Å². The summed E-state index contributed by atoms with van der Waals surface area (Å²) in [5, 5.41) is 12.8. The van der Waals surface area contributed by atoms with Crippen molar-refractivity contribution >= 4 is 34.0 Å². The van der Waals surface area contributed by atoms with E-state index in [1.54, 1.807) is 0 Å². The number of hydrogen-bond donors (Lipinski definition) is 1. The fourth-order valence-electron chi connectivity index (χ4n) is 1.58. The lowest BCUT2D eigenvalue weighted by Crippen LogP contribution is -2.12. The van der Waals surface area contributed by atoms with E-state index in [9.17, 15) is 4.79 Å². The van der Waals surface area contributed by atoms with Crippen LogP contribution in [0.1, 0.15) is 23.9 Å². The maximum Gasteiger partial charge on any atom is 0.226 e. The van der Waals surface area contributed by atoms with Gasteiger partial charge in [0.25, 0.3) is 0 Å². The van der Waals surface area contributed by atoms with E-state index in [0.717, 1.165) is 17.0 Å². The lowest BCUT2D eigenvalue weighted by Gasteiger charge is -2.02. The van der Waals surface area contributed by atoms with Gasteiger partial charge in [-0.05, 0) is 30.5 Å². The molecule has 1 aromatic carbocycles. The van der Waals surface area contributed by atoms with Crippen molar-refractivity contribution in [3.05, 3.63) is 39.9 Å². The molecule has 0 radical (unpaired) electrons. The van der Waals surface area contributed by atoms with Crippen molar-refractivity contribution in [2.75, 3.05) is 5.32 Å². The minimum Gasteiger partial charge on any atom is -0.301 e. The van der Waals surface area contributed by atoms with Crippen molar-refractivity contribution in [2.24, 2.45) is 0 Å². The molecule has 0 aliphatic heterocycles. The van der Waals surface area contributed by atoms with E-state index in [0.29, 0.717) is 23.0 Å². The van der Waals surface area contributed by atoms with Gasteiger partial charge in [0.15, 0.2) is 0 Å². The quantitative estimate of drug-likeness (QED) is 0.920. The molecule has 100 valence electrons. The number of nitrogens with zero attached hydrogens (tertiary/aromatic N) is 2. The highest BCUT2D eigenvalue weighted by Crippen LogP contribution is 2.16. The van der Waals surface area contributed by atoms with Crippen LogP contribution in [-0.2, 0) is 17.6 Å². The van der Waals surface area contributed by atoms with Crippen LogP contribution in [0.15, 0.2) is 24.3 Å². The second-order valence-corrected chi connectivity index (χ2v) is 5.53. The van der Waals surface area contributed by atoms with E-state index in [1.165, 1.54) is 11.3 Å². The largest absolute Gasteiger partial charge is 0.301 e. The number of rotatable bonds is 5. The van der Waals surface area contributed by atoms with E-state index in [1.807, 2.05) is 31.2 Å². The standard InChI is InChI=1S/C13H14ClN3OS/c1-2-12-16-17-13(19-12)15-11(18)7-6-9-4-3-5-10(14)8-9/h3-5,8H,2,6-7H2,1H3,(H,15,17,18). The number of hydrogen-bond acceptors (Lipinski definition) is 4. The molecule has 0 unspecified atom stereocenters. The summed E-state index contributed by atoms with van der Waals surface area (Å²) in [5.74, 6) is -0.0567. The number of amides is 1. The van der Waals surface area contributed by atoms with Gasteiger partial charge in [0.1, 0.15) is 5.01 Å². The highest BCUT2D eigenvalue weighted by molar-refractivity contribution is 7.15. The van der Waals surface area contributed by atoms with E-state index in [2.05, 4.69) is 15.5 Å². The van der Waals surface area contributed by atoms with Crippen LogP contribution in [0.4, 0.5) is 5.13 Å². The highest BCUT2D eigenvalue weighted by atomic mass is 35.5. The first kappa shape index (κ1) is 14.0. The summed E-state index contributed by atoms with van der Waals surface area (Å²) >= 11 is 7.30. The Hall–Kier alpha value is -1.46. The van der Waals surface area contributed by atoms with Crippen LogP contribution < -0.4 is 5.32 Å². The van der Waals surface area contributed by atoms with Gasteiger partial charge < -0.3 is 5.32 Å². The zero-order valence-corrected chi connectivity index (χ0v) is 12.1. The monoisotopic (exact) mass is 295 g/mol. The Balaban J connectivity index is 1.84. The molecule has 0 bridgehead atoms. The van der Waals surface area contributed by atoms with E-state index >= 15 is 0 Å². The van der Waals surface area contributed by atoms with Crippen LogP contribution in [-0.4, -0.2) is 16.1 Å². The number of aryl methyl sites for hydroxylation is 2. The Bertz CT molecular complexity index is 571. The summed E-state index contributed by atoms with van der Waals surface area (Å²) in [6, 6.07) is 7.53. The zero-order chi connectivity index (χ0) is 13.7. The number of carbonyl (C=O) groups excluding carboxylic acids is 1. The number of benzene rings is 1. The van der Waals surface area contributed by atoms with Gasteiger partial charge >= 0.3 is 0 Å². The van der Waals surface area contributed by atoms with Crippen LogP contribution in [0.2, 0.25) is 5.02 Å². The van der Waals surface area contributed by atoms with Gasteiger partial charge in [-0.15, -0.1) is 10.2 Å². The topological polar surface area (TPSA) is 54.9 Å². The molecule has 0 spiro atoms. The van der Waals surface area contributed by atoms with Gasteiger partial charge in [-0.25, -0.2) is 0 Å². The fraction of sp³-hybridized carbons (Fsp3) is 0.308. The van der Waals surface area contributed by atoms with E-state index in [-0.39, 0.29) is 5.91 Å². The summed E-state index contributed by atoms with van der Waals surface area (Å²) in [6.07, 6.45) is 1.89. The minimum absolute atomic E-state index is 0.0567. The minimum atomic E-state index is -0.0567. The van der Waals surface area contributed by atoms with Crippen LogP contribution in [0.3, 0.4) is 0 Å². The van der Waals surface area contributed by atoms with Crippen molar-refractivity contribution in [3.8, 4) is 0 Å². The smallest absolute Gasteiger partial charge is 0.226 e. The molecular weight excluding hydrogens is 282 g/mol. The molecule has 0 aliphatic carbocycles. The average Bonchev–Trinajstić information content (AvgIpc) is 2.84. The summed E-state index contributed by atoms with van der Waals surface area (Å²) in [5.41, 5.74) is 1.05. The Morgan fingerprint density at radius 1 is 1.42 bits per heavy atom. The molecule has 1 aromatic heterocycles. The molecule has 2 rings (SSSR count). The molecular formula is C13H14ClN3OS. The van der Waals surface area contributed by atoms with E-state index in [4.69, 9.17) is 11.6 Å². The lowest BCUT2D eigenvalue weighted by molar-refractivity contribution is -0.116. The summed E-state index contributed by atoms with van der Waals surface area (Å²) in [6.45, 7) is 2.01. The third-order valence-electron chi connectivity index (χ3n) is 2.55. The first-order valence-electron chi connectivity index (χ1n) is 6.04. The van der Waals surface area contributed by atoms with Crippen LogP contribution >= 0.6 is 22.9 Å². The number of anilines is 1. The zero-order valence-electron chi connectivity index (χ0n) is 10.5. The number of nitrogens with one attached hydrogen (secondary N) is 1. The molecule has 6 heteroatoms. The maximum atomic E-state index is 11.8. The maximum absolute atomic E-state index is 11.8. The number of halogens is 1. The third kappa shape index (κ3) is 4.29. The number of aromatic nitrogens is 2. The summed E-state index contributed by atoms with van der Waals surface area (Å²) in [4.78, 5) is 11.8. The third-order valence-corrected chi connectivity index (χ3v) is 3.76. The van der Waals surface area contributed by atoms with Crippen molar-refractivity contribution in [1.82, 2.24) is 10.2 Å². The van der Waals surface area contributed by atoms with Crippen LogP contribution in [0, 0.1) is 0 Å². The molecule has 1 amide bonds. The Labute approximate surface area is 120 Å². The number of carbonyl (C=O) groups is 1. The van der Waals surface area contributed by atoms with Crippen molar-refractivity contribution in [1.29, 1.82) is 0 Å². The molecule has 0 atom stereocenters.